The molecule has 0 aromatic carbocycles. The fourth-order valence-electron chi connectivity index (χ4n) is 2.62. The molecule has 0 spiro atoms. The summed E-state index contributed by atoms with van der Waals surface area (Å²) in [6.45, 7) is 5.63. The highest BCUT2D eigenvalue weighted by Gasteiger charge is 2.30. The van der Waals surface area contributed by atoms with E-state index in [1.807, 2.05) is 12.4 Å². The van der Waals surface area contributed by atoms with Gasteiger partial charge in [-0.3, -0.25) is 4.98 Å². The van der Waals surface area contributed by atoms with Crippen LogP contribution in [0.4, 0.5) is 0 Å². The number of aromatic nitrogens is 1. The molecule has 1 aromatic heterocycles. The fourth-order valence-corrected chi connectivity index (χ4v) is 2.62. The van der Waals surface area contributed by atoms with Gasteiger partial charge in [-0.15, -0.1) is 0 Å². The van der Waals surface area contributed by atoms with Crippen molar-refractivity contribution in [2.75, 3.05) is 0 Å². The summed E-state index contributed by atoms with van der Waals surface area (Å²) in [6, 6.07) is 4.16. The first-order chi connectivity index (χ1) is 7.68. The first-order valence-corrected chi connectivity index (χ1v) is 6.32. The van der Waals surface area contributed by atoms with Crippen molar-refractivity contribution in [3.63, 3.8) is 0 Å². The average Bonchev–Trinajstić information content (AvgIpc) is 2.82. The number of nitrogens with zero attached hydrogens (tertiary/aromatic N) is 1. The molecule has 0 aliphatic heterocycles. The summed E-state index contributed by atoms with van der Waals surface area (Å²) < 4.78 is 0. The van der Waals surface area contributed by atoms with Gasteiger partial charge >= 0.3 is 0 Å². The van der Waals surface area contributed by atoms with Crippen LogP contribution >= 0.6 is 0 Å². The lowest BCUT2D eigenvalue weighted by Crippen LogP contribution is -2.44. The third-order valence-corrected chi connectivity index (χ3v) is 3.87. The Hall–Kier alpha value is -0.890. The predicted octanol–water partition coefficient (Wildman–Crippen LogP) is 3.14. The number of hydrogen-bond acceptors (Lipinski definition) is 2. The van der Waals surface area contributed by atoms with E-state index in [2.05, 4.69) is 36.3 Å². The highest BCUT2D eigenvalue weighted by Crippen LogP contribution is 2.33. The van der Waals surface area contributed by atoms with E-state index in [1.54, 1.807) is 0 Å². The number of rotatable bonds is 4. The second kappa shape index (κ2) is 4.96. The lowest BCUT2D eigenvalue weighted by molar-refractivity contribution is 0.254. The van der Waals surface area contributed by atoms with Crippen LogP contribution in [0.1, 0.15) is 45.1 Å². The van der Waals surface area contributed by atoms with Crippen molar-refractivity contribution in [3.05, 3.63) is 30.1 Å². The van der Waals surface area contributed by atoms with Crippen LogP contribution in [0.2, 0.25) is 0 Å². The summed E-state index contributed by atoms with van der Waals surface area (Å²) >= 11 is 0. The Morgan fingerprint density at radius 2 is 1.88 bits per heavy atom. The van der Waals surface area contributed by atoms with Gasteiger partial charge in [0.1, 0.15) is 0 Å². The molecule has 0 unspecified atom stereocenters. The molecule has 0 saturated heterocycles. The summed E-state index contributed by atoms with van der Waals surface area (Å²) in [7, 11) is 0. The minimum atomic E-state index is 0.264. The molecule has 1 saturated carbocycles. The third kappa shape index (κ3) is 2.82. The molecule has 1 aliphatic rings. The van der Waals surface area contributed by atoms with Crippen molar-refractivity contribution in [2.24, 2.45) is 5.92 Å². The van der Waals surface area contributed by atoms with Gasteiger partial charge < -0.3 is 5.32 Å². The first kappa shape index (κ1) is 11.6. The predicted molar refractivity (Wildman–Crippen MR) is 67.1 cm³/mol. The molecule has 1 N–H and O–H groups in total. The van der Waals surface area contributed by atoms with Crippen LogP contribution in [-0.2, 0) is 6.54 Å². The molecular formula is C14H22N2. The van der Waals surface area contributed by atoms with Gasteiger partial charge in [-0.25, -0.2) is 0 Å². The number of nitrogens with one attached hydrogen (secondary N) is 1. The molecule has 1 aromatic rings. The Morgan fingerprint density at radius 1 is 1.25 bits per heavy atom. The smallest absolute Gasteiger partial charge is 0.0271 e. The van der Waals surface area contributed by atoms with Crippen LogP contribution in [0.25, 0.3) is 0 Å². The molecule has 2 heteroatoms. The zero-order valence-electron chi connectivity index (χ0n) is 10.4. The Kier molecular flexibility index (Phi) is 3.59. The lowest BCUT2D eigenvalue weighted by Gasteiger charge is -2.33. The monoisotopic (exact) mass is 218 g/mol. The van der Waals surface area contributed by atoms with Gasteiger partial charge in [0.05, 0.1) is 0 Å². The van der Waals surface area contributed by atoms with Crippen molar-refractivity contribution in [2.45, 2.75) is 51.6 Å². The van der Waals surface area contributed by atoms with Crippen molar-refractivity contribution in [3.8, 4) is 0 Å². The molecule has 2 rings (SSSR count). The molecule has 16 heavy (non-hydrogen) atoms. The van der Waals surface area contributed by atoms with E-state index >= 15 is 0 Å². The highest BCUT2D eigenvalue weighted by molar-refractivity contribution is 5.09. The largest absolute Gasteiger partial charge is 0.307 e. The molecule has 0 radical (unpaired) electrons. The van der Waals surface area contributed by atoms with Gasteiger partial charge in [-0.05, 0) is 50.3 Å². The van der Waals surface area contributed by atoms with Crippen LogP contribution in [0, 0.1) is 5.92 Å². The summed E-state index contributed by atoms with van der Waals surface area (Å²) in [5.41, 5.74) is 1.58. The highest BCUT2D eigenvalue weighted by atomic mass is 15.0. The van der Waals surface area contributed by atoms with Crippen molar-refractivity contribution < 1.29 is 0 Å². The van der Waals surface area contributed by atoms with Crippen LogP contribution in [0.15, 0.2) is 24.5 Å². The maximum Gasteiger partial charge on any atom is 0.0271 e. The zero-order valence-corrected chi connectivity index (χ0v) is 10.4. The minimum absolute atomic E-state index is 0.264. The summed E-state index contributed by atoms with van der Waals surface area (Å²) in [5, 5.41) is 3.69. The summed E-state index contributed by atoms with van der Waals surface area (Å²) in [4.78, 5) is 4.04. The Bertz CT molecular complexity index is 313. The second-order valence-corrected chi connectivity index (χ2v) is 5.41. The summed E-state index contributed by atoms with van der Waals surface area (Å²) in [6.07, 6.45) is 9.31. The molecule has 1 fully saturated rings. The maximum absolute atomic E-state index is 4.04. The Morgan fingerprint density at radius 3 is 2.50 bits per heavy atom. The second-order valence-electron chi connectivity index (χ2n) is 5.41. The molecule has 0 amide bonds. The number of hydrogen-bond donors (Lipinski definition) is 1. The van der Waals surface area contributed by atoms with E-state index in [9.17, 15) is 0 Å². The van der Waals surface area contributed by atoms with Crippen LogP contribution < -0.4 is 5.32 Å². The van der Waals surface area contributed by atoms with E-state index < -0.39 is 0 Å². The molecule has 2 nitrogen and oxygen atoms in total. The Labute approximate surface area is 98.5 Å². The molecular weight excluding hydrogens is 196 g/mol. The van der Waals surface area contributed by atoms with Gasteiger partial charge in [0.15, 0.2) is 0 Å². The fraction of sp³-hybridized carbons (Fsp3) is 0.643. The first-order valence-electron chi connectivity index (χ1n) is 6.32. The molecule has 1 aliphatic carbocycles. The SMILES string of the molecule is CC(C)(NCc1ccncc1)C1CCCC1. The van der Waals surface area contributed by atoms with E-state index in [0.717, 1.165) is 12.5 Å². The lowest BCUT2D eigenvalue weighted by atomic mass is 9.86. The van der Waals surface area contributed by atoms with Crippen LogP contribution in [0.5, 0.6) is 0 Å². The minimum Gasteiger partial charge on any atom is -0.307 e. The topological polar surface area (TPSA) is 24.9 Å². The quantitative estimate of drug-likeness (QED) is 0.839. The maximum atomic E-state index is 4.04. The molecule has 0 bridgehead atoms. The van der Waals surface area contributed by atoms with Crippen molar-refractivity contribution in [1.29, 1.82) is 0 Å². The molecule has 0 atom stereocenters. The van der Waals surface area contributed by atoms with Gasteiger partial charge in [0.25, 0.3) is 0 Å². The molecule has 1 heterocycles. The average molecular weight is 218 g/mol. The van der Waals surface area contributed by atoms with Crippen molar-refractivity contribution in [1.82, 2.24) is 10.3 Å². The van der Waals surface area contributed by atoms with E-state index in [-0.39, 0.29) is 5.54 Å². The van der Waals surface area contributed by atoms with Gasteiger partial charge in [0.2, 0.25) is 0 Å². The standard InChI is InChI=1S/C14H22N2/c1-14(2,13-5-3-4-6-13)16-11-12-7-9-15-10-8-12/h7-10,13,16H,3-6,11H2,1-2H3. The van der Waals surface area contributed by atoms with Crippen molar-refractivity contribution >= 4 is 0 Å². The normalized spacial score (nSPS) is 17.9. The van der Waals surface area contributed by atoms with E-state index in [1.165, 1.54) is 31.2 Å². The van der Waals surface area contributed by atoms with Crippen LogP contribution in [0.3, 0.4) is 0 Å². The third-order valence-electron chi connectivity index (χ3n) is 3.87. The van der Waals surface area contributed by atoms with Gasteiger partial charge in [0, 0.05) is 24.5 Å². The van der Waals surface area contributed by atoms with E-state index in [4.69, 9.17) is 0 Å². The van der Waals surface area contributed by atoms with Gasteiger partial charge in [-0.1, -0.05) is 12.8 Å². The van der Waals surface area contributed by atoms with Gasteiger partial charge in [-0.2, -0.15) is 0 Å². The Balaban J connectivity index is 1.89. The summed E-state index contributed by atoms with van der Waals surface area (Å²) in [5.74, 6) is 0.842. The molecule has 88 valence electrons. The van der Waals surface area contributed by atoms with Crippen LogP contribution in [-0.4, -0.2) is 10.5 Å². The van der Waals surface area contributed by atoms with E-state index in [0.29, 0.717) is 0 Å². The number of pyridine rings is 1. The zero-order chi connectivity index (χ0) is 11.4.